The van der Waals surface area contributed by atoms with Crippen molar-refractivity contribution in [1.29, 1.82) is 0 Å². The van der Waals surface area contributed by atoms with Gasteiger partial charge in [-0.3, -0.25) is 20.2 Å². The van der Waals surface area contributed by atoms with Crippen molar-refractivity contribution in [3.63, 3.8) is 0 Å². The van der Waals surface area contributed by atoms with E-state index in [-0.39, 0.29) is 17.5 Å². The second-order valence-corrected chi connectivity index (χ2v) is 6.13. The lowest BCUT2D eigenvalue weighted by atomic mass is 10.2. The summed E-state index contributed by atoms with van der Waals surface area (Å²) in [5.74, 6) is 0.197. The molecule has 0 aliphatic rings. The van der Waals surface area contributed by atoms with Crippen molar-refractivity contribution in [3.8, 4) is 17.1 Å². The molecule has 0 atom stereocenters. The third-order valence-electron chi connectivity index (χ3n) is 4.19. The van der Waals surface area contributed by atoms with Crippen molar-refractivity contribution >= 4 is 17.5 Å². The number of non-ortho nitro benzene ring substituents is 1. The number of nitrogens with zero attached hydrogens (tertiary/aromatic N) is 4. The molecule has 0 spiro atoms. The summed E-state index contributed by atoms with van der Waals surface area (Å²) in [5.41, 5.74) is 1.55. The van der Waals surface area contributed by atoms with E-state index in [1.165, 1.54) is 16.8 Å². The lowest BCUT2D eigenvalue weighted by molar-refractivity contribution is -0.384. The van der Waals surface area contributed by atoms with E-state index in [1.807, 2.05) is 36.4 Å². The molecule has 0 bridgehead atoms. The van der Waals surface area contributed by atoms with Crippen LogP contribution in [-0.2, 0) is 0 Å². The molecule has 1 heterocycles. The van der Waals surface area contributed by atoms with E-state index in [0.29, 0.717) is 17.1 Å². The molecule has 0 saturated heterocycles. The first-order valence-corrected chi connectivity index (χ1v) is 8.75. The number of rotatable bonds is 5. The zero-order valence-electron chi connectivity index (χ0n) is 15.1. The highest BCUT2D eigenvalue weighted by atomic mass is 16.6. The average molecular weight is 385 g/mol. The van der Waals surface area contributed by atoms with Gasteiger partial charge in [0.25, 0.3) is 11.6 Å². The normalized spacial score (nSPS) is 10.5. The van der Waals surface area contributed by atoms with Crippen LogP contribution >= 0.6 is 0 Å². The molecule has 1 amide bonds. The molecule has 1 aromatic heterocycles. The lowest BCUT2D eigenvalue weighted by Crippen LogP contribution is -2.15. The topological polar surface area (TPSA) is 103 Å². The molecule has 142 valence electrons. The SMILES string of the molecule is O=C(Nc1nc(-c2ccccc2)nn1-c1cccc([N+](=O)[O-])c1)c1ccccc1. The number of hydrogen-bond donors (Lipinski definition) is 1. The van der Waals surface area contributed by atoms with Gasteiger partial charge in [0.2, 0.25) is 5.95 Å². The highest BCUT2D eigenvalue weighted by molar-refractivity contribution is 6.03. The monoisotopic (exact) mass is 385 g/mol. The van der Waals surface area contributed by atoms with E-state index in [4.69, 9.17) is 0 Å². The molecule has 1 N–H and O–H groups in total. The van der Waals surface area contributed by atoms with Gasteiger partial charge in [-0.25, -0.2) is 0 Å². The molecule has 0 aliphatic carbocycles. The molecule has 8 nitrogen and oxygen atoms in total. The smallest absolute Gasteiger partial charge is 0.271 e. The zero-order valence-corrected chi connectivity index (χ0v) is 15.1. The van der Waals surface area contributed by atoms with Crippen molar-refractivity contribution in [2.45, 2.75) is 0 Å². The van der Waals surface area contributed by atoms with Crippen LogP contribution in [0.1, 0.15) is 10.4 Å². The Labute approximate surface area is 165 Å². The number of amides is 1. The first-order chi connectivity index (χ1) is 14.1. The molecule has 0 unspecified atom stereocenters. The molecule has 4 aromatic rings. The quantitative estimate of drug-likeness (QED) is 0.412. The van der Waals surface area contributed by atoms with Crippen molar-refractivity contribution in [2.24, 2.45) is 0 Å². The fourth-order valence-corrected chi connectivity index (χ4v) is 2.78. The van der Waals surface area contributed by atoms with Crippen LogP contribution in [0.15, 0.2) is 84.9 Å². The van der Waals surface area contributed by atoms with E-state index in [0.717, 1.165) is 5.56 Å². The van der Waals surface area contributed by atoms with Crippen LogP contribution in [0.2, 0.25) is 0 Å². The Morgan fingerprint density at radius 1 is 0.931 bits per heavy atom. The van der Waals surface area contributed by atoms with Gasteiger partial charge < -0.3 is 0 Å². The number of carbonyl (C=O) groups is 1. The van der Waals surface area contributed by atoms with Crippen LogP contribution in [-0.4, -0.2) is 25.6 Å². The van der Waals surface area contributed by atoms with E-state index in [9.17, 15) is 14.9 Å². The van der Waals surface area contributed by atoms with Gasteiger partial charge >= 0.3 is 0 Å². The predicted molar refractivity (Wildman–Crippen MR) is 108 cm³/mol. The van der Waals surface area contributed by atoms with E-state index >= 15 is 0 Å². The number of carbonyl (C=O) groups excluding carboxylic acids is 1. The standard InChI is InChI=1S/C21H15N5O3/c27-20(16-10-5-2-6-11-16)23-21-22-19(15-8-3-1-4-9-15)24-25(21)17-12-7-13-18(14-17)26(28)29/h1-14H,(H,22,23,24,27). The molecule has 29 heavy (non-hydrogen) atoms. The maximum absolute atomic E-state index is 12.6. The summed E-state index contributed by atoms with van der Waals surface area (Å²) < 4.78 is 1.39. The largest absolute Gasteiger partial charge is 0.290 e. The summed E-state index contributed by atoms with van der Waals surface area (Å²) >= 11 is 0. The second-order valence-electron chi connectivity index (χ2n) is 6.13. The molecule has 3 aromatic carbocycles. The van der Waals surface area contributed by atoms with Gasteiger partial charge in [-0.2, -0.15) is 9.67 Å². The zero-order chi connectivity index (χ0) is 20.2. The maximum atomic E-state index is 12.6. The molecular weight excluding hydrogens is 370 g/mol. The van der Waals surface area contributed by atoms with Crippen LogP contribution in [0.25, 0.3) is 17.1 Å². The van der Waals surface area contributed by atoms with Gasteiger partial charge in [0, 0.05) is 23.3 Å². The van der Waals surface area contributed by atoms with Gasteiger partial charge in [0.05, 0.1) is 10.6 Å². The van der Waals surface area contributed by atoms with Gasteiger partial charge in [0.15, 0.2) is 5.82 Å². The molecule has 8 heteroatoms. The van der Waals surface area contributed by atoms with Crippen molar-refractivity contribution in [1.82, 2.24) is 14.8 Å². The summed E-state index contributed by atoms with van der Waals surface area (Å²) in [6.45, 7) is 0. The molecule has 4 rings (SSSR count). The summed E-state index contributed by atoms with van der Waals surface area (Å²) in [5, 5.41) is 18.4. The number of anilines is 1. The summed E-state index contributed by atoms with van der Waals surface area (Å²) in [7, 11) is 0. The summed E-state index contributed by atoms with van der Waals surface area (Å²) in [4.78, 5) is 27.7. The van der Waals surface area contributed by atoms with Crippen LogP contribution in [0.3, 0.4) is 0 Å². The summed E-state index contributed by atoms with van der Waals surface area (Å²) in [6.07, 6.45) is 0. The minimum Gasteiger partial charge on any atom is -0.290 e. The maximum Gasteiger partial charge on any atom is 0.271 e. The van der Waals surface area contributed by atoms with Crippen molar-refractivity contribution < 1.29 is 9.72 Å². The molecule has 0 fully saturated rings. The molecule has 0 saturated carbocycles. The van der Waals surface area contributed by atoms with Crippen molar-refractivity contribution in [2.75, 3.05) is 5.32 Å². The number of aromatic nitrogens is 3. The predicted octanol–water partition coefficient (Wildman–Crippen LogP) is 4.09. The van der Waals surface area contributed by atoms with Crippen molar-refractivity contribution in [3.05, 3.63) is 101 Å². The Bertz CT molecular complexity index is 1170. The van der Waals surface area contributed by atoms with E-state index < -0.39 is 4.92 Å². The Morgan fingerprint density at radius 3 is 2.31 bits per heavy atom. The van der Waals surface area contributed by atoms with Gasteiger partial charge in [-0.1, -0.05) is 54.6 Å². The first kappa shape index (κ1) is 18.1. The Kier molecular flexibility index (Phi) is 4.81. The number of nitro benzene ring substituents is 1. The third-order valence-corrected chi connectivity index (χ3v) is 4.19. The number of nitrogens with one attached hydrogen (secondary N) is 1. The Balaban J connectivity index is 1.78. The summed E-state index contributed by atoms with van der Waals surface area (Å²) in [6, 6.07) is 23.9. The first-order valence-electron chi connectivity index (χ1n) is 8.75. The van der Waals surface area contributed by atoms with Crippen LogP contribution in [0, 0.1) is 10.1 Å². The molecular formula is C21H15N5O3. The molecule has 0 radical (unpaired) electrons. The number of benzene rings is 3. The van der Waals surface area contributed by atoms with Crippen LogP contribution < -0.4 is 5.32 Å². The van der Waals surface area contributed by atoms with Gasteiger partial charge in [0.1, 0.15) is 0 Å². The number of hydrogen-bond acceptors (Lipinski definition) is 5. The Hall–Kier alpha value is -4.33. The molecule has 0 aliphatic heterocycles. The van der Waals surface area contributed by atoms with Crippen LogP contribution in [0.5, 0.6) is 0 Å². The highest BCUT2D eigenvalue weighted by Crippen LogP contribution is 2.23. The minimum atomic E-state index is -0.485. The lowest BCUT2D eigenvalue weighted by Gasteiger charge is -2.07. The highest BCUT2D eigenvalue weighted by Gasteiger charge is 2.18. The number of nitro groups is 1. The average Bonchev–Trinajstić information content (AvgIpc) is 3.19. The van der Waals surface area contributed by atoms with Gasteiger partial charge in [-0.15, -0.1) is 5.10 Å². The van der Waals surface area contributed by atoms with E-state index in [2.05, 4.69) is 15.4 Å². The Morgan fingerprint density at radius 2 is 1.62 bits per heavy atom. The fourth-order valence-electron chi connectivity index (χ4n) is 2.78. The van der Waals surface area contributed by atoms with Gasteiger partial charge in [-0.05, 0) is 18.2 Å². The second kappa shape index (κ2) is 7.73. The minimum absolute atomic E-state index is 0.0837. The van der Waals surface area contributed by atoms with E-state index in [1.54, 1.807) is 36.4 Å². The van der Waals surface area contributed by atoms with Crippen LogP contribution in [0.4, 0.5) is 11.6 Å². The third kappa shape index (κ3) is 3.86. The fraction of sp³-hybridized carbons (Fsp3) is 0.